The first kappa shape index (κ1) is 14.0. The summed E-state index contributed by atoms with van der Waals surface area (Å²) in [7, 11) is 0. The van der Waals surface area contributed by atoms with E-state index < -0.39 is 12.0 Å². The van der Waals surface area contributed by atoms with E-state index in [1.54, 1.807) is 4.90 Å². The fourth-order valence-corrected chi connectivity index (χ4v) is 2.31. The van der Waals surface area contributed by atoms with Crippen LogP contribution in [0.2, 0.25) is 0 Å². The van der Waals surface area contributed by atoms with Gasteiger partial charge in [0.1, 0.15) is 0 Å². The molecule has 17 heavy (non-hydrogen) atoms. The smallest absolute Gasteiger partial charge is 0.303 e. The Labute approximate surface area is 102 Å². The van der Waals surface area contributed by atoms with Crippen molar-refractivity contribution in [2.45, 2.75) is 45.1 Å². The molecule has 1 heterocycles. The molecule has 98 valence electrons. The molecular weight excluding hydrogens is 220 g/mol. The second kappa shape index (κ2) is 6.59. The third kappa shape index (κ3) is 4.34. The molecule has 1 aliphatic heterocycles. The molecule has 0 saturated carbocycles. The topological polar surface area (TPSA) is 83.6 Å². The van der Waals surface area contributed by atoms with Crippen molar-refractivity contribution in [3.63, 3.8) is 0 Å². The first-order chi connectivity index (χ1) is 8.04. The third-order valence-corrected chi connectivity index (χ3v) is 3.28. The van der Waals surface area contributed by atoms with Crippen LogP contribution in [0.3, 0.4) is 0 Å². The maximum atomic E-state index is 11.9. The van der Waals surface area contributed by atoms with Gasteiger partial charge in [-0.25, -0.2) is 0 Å². The summed E-state index contributed by atoms with van der Waals surface area (Å²) in [5.41, 5.74) is 5.71. The van der Waals surface area contributed by atoms with Crippen LogP contribution in [-0.4, -0.2) is 41.0 Å². The van der Waals surface area contributed by atoms with Crippen LogP contribution in [0.25, 0.3) is 0 Å². The average Bonchev–Trinajstić information content (AvgIpc) is 2.74. The molecule has 0 aromatic heterocycles. The van der Waals surface area contributed by atoms with Crippen molar-refractivity contribution in [3.8, 4) is 0 Å². The van der Waals surface area contributed by atoms with Crippen LogP contribution in [0.15, 0.2) is 0 Å². The second-order valence-corrected chi connectivity index (χ2v) is 4.77. The molecule has 0 bridgehead atoms. The maximum absolute atomic E-state index is 11.9. The van der Waals surface area contributed by atoms with Crippen LogP contribution in [-0.2, 0) is 9.59 Å². The monoisotopic (exact) mass is 242 g/mol. The molecule has 1 fully saturated rings. The second-order valence-electron chi connectivity index (χ2n) is 4.77. The van der Waals surface area contributed by atoms with Crippen molar-refractivity contribution < 1.29 is 14.7 Å². The largest absolute Gasteiger partial charge is 0.481 e. The number of rotatable bonds is 6. The number of likely N-dealkylation sites (tertiary alicyclic amines) is 1. The molecule has 0 radical (unpaired) electrons. The molecule has 1 amide bonds. The minimum absolute atomic E-state index is 0.0425. The first-order valence-electron chi connectivity index (χ1n) is 6.30. The predicted octanol–water partition coefficient (Wildman–Crippen LogP) is 0.827. The van der Waals surface area contributed by atoms with E-state index in [-0.39, 0.29) is 18.7 Å². The number of nitrogens with two attached hydrogens (primary N) is 1. The van der Waals surface area contributed by atoms with Gasteiger partial charge in [-0.1, -0.05) is 13.3 Å². The van der Waals surface area contributed by atoms with Gasteiger partial charge in [0.25, 0.3) is 0 Å². The summed E-state index contributed by atoms with van der Waals surface area (Å²) in [6.45, 7) is 3.70. The number of amides is 1. The summed E-state index contributed by atoms with van der Waals surface area (Å²) >= 11 is 0. The Balaban J connectivity index is 2.35. The van der Waals surface area contributed by atoms with Crippen molar-refractivity contribution >= 4 is 11.9 Å². The highest BCUT2D eigenvalue weighted by Gasteiger charge is 2.28. The molecule has 2 atom stereocenters. The molecule has 0 aromatic carbocycles. The van der Waals surface area contributed by atoms with Gasteiger partial charge in [-0.2, -0.15) is 0 Å². The Morgan fingerprint density at radius 1 is 1.53 bits per heavy atom. The lowest BCUT2D eigenvalue weighted by molar-refractivity contribution is -0.137. The first-order valence-corrected chi connectivity index (χ1v) is 6.30. The molecule has 3 N–H and O–H groups in total. The highest BCUT2D eigenvalue weighted by atomic mass is 16.4. The van der Waals surface area contributed by atoms with Crippen LogP contribution in [0, 0.1) is 5.92 Å². The number of carboxylic acids is 1. The molecule has 0 spiro atoms. The summed E-state index contributed by atoms with van der Waals surface area (Å²) in [4.78, 5) is 24.1. The van der Waals surface area contributed by atoms with Crippen molar-refractivity contribution in [2.75, 3.05) is 13.1 Å². The van der Waals surface area contributed by atoms with Gasteiger partial charge in [-0.15, -0.1) is 0 Å². The van der Waals surface area contributed by atoms with E-state index in [1.807, 2.05) is 0 Å². The number of hydrogen-bond donors (Lipinski definition) is 2. The van der Waals surface area contributed by atoms with Gasteiger partial charge >= 0.3 is 5.97 Å². The third-order valence-electron chi connectivity index (χ3n) is 3.28. The lowest BCUT2D eigenvalue weighted by Crippen LogP contribution is -2.42. The number of carbonyl (C=O) groups excluding carboxylic acids is 1. The summed E-state index contributed by atoms with van der Waals surface area (Å²) in [6, 6.07) is -0.661. The molecule has 5 nitrogen and oxygen atoms in total. The zero-order chi connectivity index (χ0) is 12.8. The molecule has 1 rings (SSSR count). The Morgan fingerprint density at radius 3 is 2.82 bits per heavy atom. The normalized spacial score (nSPS) is 21.5. The van der Waals surface area contributed by atoms with Gasteiger partial charge in [0.2, 0.25) is 5.91 Å². The van der Waals surface area contributed by atoms with Gasteiger partial charge in [0.15, 0.2) is 0 Å². The highest BCUT2D eigenvalue weighted by molar-refractivity contribution is 5.82. The molecule has 1 aliphatic rings. The summed E-state index contributed by atoms with van der Waals surface area (Å²) in [5.74, 6) is -0.404. The van der Waals surface area contributed by atoms with Crippen LogP contribution >= 0.6 is 0 Å². The Kier molecular flexibility index (Phi) is 5.41. The number of carboxylic acid groups (broad SMARTS) is 1. The molecular formula is C12H22N2O3. The van der Waals surface area contributed by atoms with Crippen LogP contribution in [0.1, 0.15) is 39.0 Å². The lowest BCUT2D eigenvalue weighted by atomic mass is 10.0. The van der Waals surface area contributed by atoms with Crippen LogP contribution in [0.4, 0.5) is 0 Å². The molecule has 2 unspecified atom stereocenters. The number of aliphatic carboxylic acids is 1. The van der Waals surface area contributed by atoms with E-state index in [9.17, 15) is 9.59 Å². The van der Waals surface area contributed by atoms with Gasteiger partial charge in [0.05, 0.1) is 6.04 Å². The predicted molar refractivity (Wildman–Crippen MR) is 64.4 cm³/mol. The van der Waals surface area contributed by atoms with E-state index >= 15 is 0 Å². The maximum Gasteiger partial charge on any atom is 0.303 e. The van der Waals surface area contributed by atoms with E-state index in [1.165, 1.54) is 0 Å². The van der Waals surface area contributed by atoms with Gasteiger partial charge < -0.3 is 15.7 Å². The lowest BCUT2D eigenvalue weighted by Gasteiger charge is -2.20. The SMILES string of the molecule is CCCC1CCN(C(=O)C(N)CCC(=O)O)C1. The Bertz CT molecular complexity index is 281. The van der Waals surface area contributed by atoms with Gasteiger partial charge in [-0.05, 0) is 25.2 Å². The van der Waals surface area contributed by atoms with E-state index in [0.29, 0.717) is 5.92 Å². The van der Waals surface area contributed by atoms with Gasteiger partial charge in [0, 0.05) is 19.5 Å². The number of carbonyl (C=O) groups is 2. The van der Waals surface area contributed by atoms with E-state index in [4.69, 9.17) is 10.8 Å². The minimum Gasteiger partial charge on any atom is -0.481 e. The quantitative estimate of drug-likeness (QED) is 0.722. The van der Waals surface area contributed by atoms with E-state index in [2.05, 4.69) is 6.92 Å². The fraction of sp³-hybridized carbons (Fsp3) is 0.833. The molecule has 1 saturated heterocycles. The van der Waals surface area contributed by atoms with Crippen molar-refractivity contribution in [1.82, 2.24) is 4.90 Å². The average molecular weight is 242 g/mol. The highest BCUT2D eigenvalue weighted by Crippen LogP contribution is 2.21. The summed E-state index contributed by atoms with van der Waals surface area (Å²) in [6.07, 6.45) is 3.51. The van der Waals surface area contributed by atoms with Crippen molar-refractivity contribution in [2.24, 2.45) is 11.7 Å². The minimum atomic E-state index is -0.904. The summed E-state index contributed by atoms with van der Waals surface area (Å²) < 4.78 is 0. The zero-order valence-electron chi connectivity index (χ0n) is 10.4. The number of nitrogens with zero attached hydrogens (tertiary/aromatic N) is 1. The van der Waals surface area contributed by atoms with Crippen molar-refractivity contribution in [3.05, 3.63) is 0 Å². The molecule has 0 aromatic rings. The standard InChI is InChI=1S/C12H22N2O3/c1-2-3-9-6-7-14(8-9)12(17)10(13)4-5-11(15)16/h9-10H,2-8,13H2,1H3,(H,15,16). The molecule has 0 aliphatic carbocycles. The van der Waals surface area contributed by atoms with E-state index in [0.717, 1.165) is 32.4 Å². The molecule has 5 heteroatoms. The number of hydrogen-bond acceptors (Lipinski definition) is 3. The van der Waals surface area contributed by atoms with Crippen molar-refractivity contribution in [1.29, 1.82) is 0 Å². The van der Waals surface area contributed by atoms with Crippen LogP contribution in [0.5, 0.6) is 0 Å². The Morgan fingerprint density at radius 2 is 2.24 bits per heavy atom. The fourth-order valence-electron chi connectivity index (χ4n) is 2.31. The zero-order valence-corrected chi connectivity index (χ0v) is 10.4. The van der Waals surface area contributed by atoms with Gasteiger partial charge in [-0.3, -0.25) is 9.59 Å². The Hall–Kier alpha value is -1.10. The summed E-state index contributed by atoms with van der Waals surface area (Å²) in [5, 5.41) is 8.54. The van der Waals surface area contributed by atoms with Crippen LogP contribution < -0.4 is 5.73 Å².